The van der Waals surface area contributed by atoms with Gasteiger partial charge < -0.3 is 4.57 Å². The lowest BCUT2D eigenvalue weighted by Crippen LogP contribution is -2.11. The minimum Gasteiger partial charge on any atom is -0.314 e. The molecular weight excluding hydrogens is 712 g/mol. The molecule has 10 rings (SSSR count). The van der Waals surface area contributed by atoms with Crippen molar-refractivity contribution in [2.45, 2.75) is 0 Å². The summed E-state index contributed by atoms with van der Waals surface area (Å²) in [5, 5.41) is 1.91. The molecule has 3 nitrogen and oxygen atoms in total. The van der Waals surface area contributed by atoms with Gasteiger partial charge in [-0.15, -0.1) is 0 Å². The van der Waals surface area contributed by atoms with Crippen LogP contribution in [0.25, 0.3) is 89.5 Å². The molecule has 1 aromatic heterocycles. The molecule has 0 spiro atoms. The Morgan fingerprint density at radius 3 is 1.42 bits per heavy atom. The highest BCUT2D eigenvalue weighted by atomic mass is 31.2. The van der Waals surface area contributed by atoms with E-state index >= 15 is 0 Å². The maximum absolute atomic E-state index is 14.4. The molecular formula is C53H37N2OP. The summed E-state index contributed by atoms with van der Waals surface area (Å²) in [6.45, 7) is 1.91. The van der Waals surface area contributed by atoms with Crippen LogP contribution in [0.5, 0.6) is 0 Å². The first-order valence-corrected chi connectivity index (χ1v) is 21.4. The van der Waals surface area contributed by atoms with Crippen LogP contribution in [0.2, 0.25) is 0 Å². The molecule has 0 radical (unpaired) electrons. The first kappa shape index (κ1) is 34.6. The van der Waals surface area contributed by atoms with Crippen LogP contribution in [0.1, 0.15) is 0 Å². The number of benzene rings is 8. The normalized spacial score (nSPS) is 14.2. The number of hydrogen-bond acceptors (Lipinski definition) is 3. The lowest BCUT2D eigenvalue weighted by molar-refractivity contribution is 0.591. The van der Waals surface area contributed by atoms with Gasteiger partial charge in [-0.1, -0.05) is 182 Å². The van der Waals surface area contributed by atoms with E-state index in [0.717, 1.165) is 83.2 Å². The molecule has 57 heavy (non-hydrogen) atoms. The monoisotopic (exact) mass is 748 g/mol. The first-order chi connectivity index (χ1) is 28.0. The molecule has 2 heterocycles. The van der Waals surface area contributed by atoms with Crippen LogP contribution in [0.3, 0.4) is 0 Å². The van der Waals surface area contributed by atoms with Crippen LogP contribution < -0.4 is 10.6 Å². The smallest absolute Gasteiger partial charge is 0.160 e. The summed E-state index contributed by atoms with van der Waals surface area (Å²) < 4.78 is 14.4. The maximum Gasteiger partial charge on any atom is 0.160 e. The third-order valence-electron chi connectivity index (χ3n) is 11.0. The van der Waals surface area contributed by atoms with Gasteiger partial charge in [0.2, 0.25) is 0 Å². The Bertz CT molecular complexity index is 2990. The third kappa shape index (κ3) is 6.43. The van der Waals surface area contributed by atoms with Crippen LogP contribution >= 0.6 is 7.14 Å². The molecule has 270 valence electrons. The van der Waals surface area contributed by atoms with Gasteiger partial charge in [0, 0.05) is 27.3 Å². The molecule has 0 saturated carbocycles. The predicted molar refractivity (Wildman–Crippen MR) is 238 cm³/mol. The molecule has 8 aromatic carbocycles. The largest absolute Gasteiger partial charge is 0.314 e. The van der Waals surface area contributed by atoms with Crippen LogP contribution in [-0.2, 0) is 4.57 Å². The number of aromatic nitrogens is 2. The SMILES string of the molecule is CP1(=O)c2ccccc2-c2cccc(-c3cccc(-c4cccc(-c5cccc(-c6cc(-c7ccc(-c8ccccc8)cc7)nc(-c7ccccc7)n6)c5)c4)c3)c21. The molecule has 0 fully saturated rings. The van der Waals surface area contributed by atoms with E-state index in [2.05, 4.69) is 164 Å². The van der Waals surface area contributed by atoms with E-state index in [1.807, 2.05) is 49.1 Å². The van der Waals surface area contributed by atoms with Gasteiger partial charge in [-0.05, 0) is 86.6 Å². The summed E-state index contributed by atoms with van der Waals surface area (Å²) in [4.78, 5) is 10.2. The fourth-order valence-corrected chi connectivity index (χ4v) is 10.8. The van der Waals surface area contributed by atoms with Crippen LogP contribution in [0.4, 0.5) is 0 Å². The van der Waals surface area contributed by atoms with E-state index < -0.39 is 7.14 Å². The van der Waals surface area contributed by atoms with Crippen LogP contribution in [0, 0.1) is 0 Å². The molecule has 1 aliphatic rings. The Kier molecular flexibility index (Phi) is 8.66. The summed E-state index contributed by atoms with van der Waals surface area (Å²) in [7, 11) is -2.76. The fourth-order valence-electron chi connectivity index (χ4n) is 8.17. The standard InChI is InChI=1S/C53H37N2OP/c1-57(56)51-27-9-8-24-47(51)48-26-13-25-46(52(48)57)44-22-11-20-42(33-44)40-18-10-19-41(32-40)43-21-12-23-45(34-43)50-35-49(54-53(55-50)39-16-6-3-7-17-39)38-30-28-37(29-31-38)36-14-4-2-5-15-36/h2-35H,1H3. The van der Waals surface area contributed by atoms with Crippen molar-refractivity contribution >= 4 is 17.8 Å². The Hall–Kier alpha value is -6.93. The molecule has 4 heteroatoms. The lowest BCUT2D eigenvalue weighted by Gasteiger charge is -2.15. The van der Waals surface area contributed by atoms with Crippen molar-refractivity contribution in [3.63, 3.8) is 0 Å². The van der Waals surface area contributed by atoms with Crippen molar-refractivity contribution in [2.75, 3.05) is 6.66 Å². The molecule has 1 atom stereocenters. The average Bonchev–Trinajstić information content (AvgIpc) is 3.53. The van der Waals surface area contributed by atoms with Crippen LogP contribution in [-0.4, -0.2) is 16.6 Å². The van der Waals surface area contributed by atoms with Gasteiger partial charge in [-0.2, -0.15) is 0 Å². The highest BCUT2D eigenvalue weighted by Crippen LogP contribution is 2.52. The molecule has 9 aromatic rings. The zero-order valence-electron chi connectivity index (χ0n) is 31.4. The van der Waals surface area contributed by atoms with Crippen molar-refractivity contribution in [3.05, 3.63) is 206 Å². The second kappa shape index (κ2) is 14.3. The van der Waals surface area contributed by atoms with Gasteiger partial charge in [-0.3, -0.25) is 0 Å². The van der Waals surface area contributed by atoms with E-state index in [9.17, 15) is 4.57 Å². The Morgan fingerprint density at radius 1 is 0.333 bits per heavy atom. The van der Waals surface area contributed by atoms with E-state index in [-0.39, 0.29) is 0 Å². The summed E-state index contributed by atoms with van der Waals surface area (Å²) >= 11 is 0. The Labute approximate surface area is 333 Å². The van der Waals surface area contributed by atoms with Gasteiger partial charge in [-0.25, -0.2) is 9.97 Å². The zero-order valence-corrected chi connectivity index (χ0v) is 32.3. The Balaban J connectivity index is 1.00. The van der Waals surface area contributed by atoms with Crippen molar-refractivity contribution < 1.29 is 4.57 Å². The fraction of sp³-hybridized carbons (Fsp3) is 0.0189. The number of fused-ring (bicyclic) bond motifs is 3. The summed E-state index contributed by atoms with van der Waals surface area (Å²) in [6, 6.07) is 71.7. The van der Waals surface area contributed by atoms with Gasteiger partial charge >= 0.3 is 0 Å². The molecule has 1 aliphatic heterocycles. The number of hydrogen-bond donors (Lipinski definition) is 0. The number of nitrogens with zero attached hydrogens (tertiary/aromatic N) is 2. The maximum atomic E-state index is 14.4. The van der Waals surface area contributed by atoms with E-state index in [1.54, 1.807) is 0 Å². The van der Waals surface area contributed by atoms with Crippen molar-refractivity contribution in [2.24, 2.45) is 0 Å². The van der Waals surface area contributed by atoms with Crippen LogP contribution in [0.15, 0.2) is 206 Å². The average molecular weight is 749 g/mol. The second-order valence-electron chi connectivity index (χ2n) is 14.7. The predicted octanol–water partition coefficient (Wildman–Crippen LogP) is 13.1. The topological polar surface area (TPSA) is 42.9 Å². The highest BCUT2D eigenvalue weighted by molar-refractivity contribution is 7.79. The minimum atomic E-state index is -2.76. The van der Waals surface area contributed by atoms with E-state index in [0.29, 0.717) is 5.82 Å². The van der Waals surface area contributed by atoms with Crippen molar-refractivity contribution in [1.82, 2.24) is 9.97 Å². The summed E-state index contributed by atoms with van der Waals surface area (Å²) in [5.41, 5.74) is 15.8. The van der Waals surface area contributed by atoms with Gasteiger partial charge in [0.1, 0.15) is 7.14 Å². The van der Waals surface area contributed by atoms with E-state index in [1.165, 1.54) is 11.1 Å². The van der Waals surface area contributed by atoms with E-state index in [4.69, 9.17) is 9.97 Å². The third-order valence-corrected chi connectivity index (χ3v) is 13.7. The molecule has 0 saturated heterocycles. The Morgan fingerprint density at radius 2 is 0.754 bits per heavy atom. The molecule has 0 N–H and O–H groups in total. The number of rotatable bonds is 7. The van der Waals surface area contributed by atoms with Crippen molar-refractivity contribution in [3.8, 4) is 89.5 Å². The van der Waals surface area contributed by atoms with Gasteiger partial charge in [0.05, 0.1) is 11.4 Å². The molecule has 0 aliphatic carbocycles. The molecule has 0 bridgehead atoms. The molecule has 0 amide bonds. The van der Waals surface area contributed by atoms with Gasteiger partial charge in [0.25, 0.3) is 0 Å². The molecule has 1 unspecified atom stereocenters. The second-order valence-corrected chi connectivity index (χ2v) is 17.4. The first-order valence-electron chi connectivity index (χ1n) is 19.2. The quantitative estimate of drug-likeness (QED) is 0.152. The van der Waals surface area contributed by atoms with Crippen molar-refractivity contribution in [1.29, 1.82) is 0 Å². The summed E-state index contributed by atoms with van der Waals surface area (Å²) in [5.74, 6) is 0.690. The lowest BCUT2D eigenvalue weighted by atomic mass is 9.94. The highest BCUT2D eigenvalue weighted by Gasteiger charge is 2.36. The zero-order chi connectivity index (χ0) is 38.3. The van der Waals surface area contributed by atoms with Gasteiger partial charge in [0.15, 0.2) is 5.82 Å². The summed E-state index contributed by atoms with van der Waals surface area (Å²) in [6.07, 6.45) is 0. The minimum absolute atomic E-state index is 0.690.